The van der Waals surface area contributed by atoms with Crippen LogP contribution in [0.2, 0.25) is 0 Å². The fraction of sp³-hybridized carbons (Fsp3) is 0.667. The first-order chi connectivity index (χ1) is 9.01. The number of nitrogens with one attached hydrogen (secondary N) is 1. The largest absolute Gasteiger partial charge is 0.490 e. The summed E-state index contributed by atoms with van der Waals surface area (Å²) in [6, 6.07) is -1.01. The number of aliphatic hydroxyl groups excluding tert-OH is 2. The van der Waals surface area contributed by atoms with Crippen molar-refractivity contribution < 1.29 is 24.5 Å². The van der Waals surface area contributed by atoms with Crippen LogP contribution in [-0.2, 0) is 14.3 Å². The molecule has 0 saturated heterocycles. The Morgan fingerprint density at radius 3 is 2.95 bits per heavy atom. The Bertz CT molecular complexity index is 367. The van der Waals surface area contributed by atoms with Gasteiger partial charge in [0.15, 0.2) is 0 Å². The van der Waals surface area contributed by atoms with Crippen molar-refractivity contribution in [2.75, 3.05) is 13.7 Å². The summed E-state index contributed by atoms with van der Waals surface area (Å²) in [5.74, 6) is 2.12. The molecule has 5 atom stereocenters. The molecule has 0 aromatic carbocycles. The van der Waals surface area contributed by atoms with Gasteiger partial charge in [0.05, 0.1) is 30.6 Å². The predicted molar refractivity (Wildman–Crippen MR) is 67.7 cm³/mol. The van der Waals surface area contributed by atoms with Gasteiger partial charge < -0.3 is 30.7 Å². The van der Waals surface area contributed by atoms with E-state index in [1.54, 1.807) is 18.9 Å². The zero-order valence-corrected chi connectivity index (χ0v) is 10.9. The number of hydrogen-bond donors (Lipinski definition) is 4. The summed E-state index contributed by atoms with van der Waals surface area (Å²) in [6.07, 6.45) is -0.382. The number of aliphatic hydroxyl groups is 2. The summed E-state index contributed by atoms with van der Waals surface area (Å²) in [5, 5.41) is 22.6. The Morgan fingerprint density at radius 2 is 2.37 bits per heavy atom. The van der Waals surface area contributed by atoms with E-state index in [1.165, 1.54) is 7.11 Å². The lowest BCUT2D eigenvalue weighted by Gasteiger charge is -2.38. The third kappa shape index (κ3) is 4.05. The van der Waals surface area contributed by atoms with Gasteiger partial charge in [-0.1, -0.05) is 0 Å². The highest BCUT2D eigenvalue weighted by Crippen LogP contribution is 2.21. The second kappa shape index (κ2) is 7.28. The third-order valence-electron chi connectivity index (χ3n) is 2.92. The monoisotopic (exact) mass is 272 g/mol. The van der Waals surface area contributed by atoms with Crippen molar-refractivity contribution in [1.82, 2.24) is 5.32 Å². The lowest BCUT2D eigenvalue weighted by Crippen LogP contribution is -2.59. The van der Waals surface area contributed by atoms with Gasteiger partial charge in [0, 0.05) is 7.11 Å². The molecule has 1 heterocycles. The van der Waals surface area contributed by atoms with E-state index in [2.05, 4.69) is 5.32 Å². The molecule has 1 aliphatic heterocycles. The average molecular weight is 272 g/mol. The minimum atomic E-state index is -1.20. The molecule has 0 radical (unpaired) electrons. The molecule has 0 saturated carbocycles. The molecule has 7 nitrogen and oxygen atoms in total. The maximum atomic E-state index is 10.3. The SMILES string of the molecule is COCC(O)C(O)C1OC(C)=CC(N)C1NC=C=O. The normalized spacial score (nSPS) is 29.5. The standard InChI is InChI=1S/C12H20N2O5/c1-7-5-8(13)10(14-3-4-15)12(19-7)11(17)9(16)6-18-2/h3,5,8-12,14,16-17H,6,13H2,1-2H3. The summed E-state index contributed by atoms with van der Waals surface area (Å²) >= 11 is 0. The Morgan fingerprint density at radius 1 is 1.68 bits per heavy atom. The second-order valence-corrected chi connectivity index (χ2v) is 4.41. The summed E-state index contributed by atoms with van der Waals surface area (Å²) in [4.78, 5) is 10.3. The second-order valence-electron chi connectivity index (χ2n) is 4.41. The van der Waals surface area contributed by atoms with E-state index in [9.17, 15) is 15.0 Å². The highest BCUT2D eigenvalue weighted by atomic mass is 16.5. The van der Waals surface area contributed by atoms with Gasteiger partial charge in [0.25, 0.3) is 0 Å². The van der Waals surface area contributed by atoms with Crippen LogP contribution in [0.5, 0.6) is 0 Å². The fourth-order valence-electron chi connectivity index (χ4n) is 2.03. The summed E-state index contributed by atoms with van der Waals surface area (Å²) < 4.78 is 10.3. The number of nitrogens with two attached hydrogens (primary N) is 1. The number of rotatable bonds is 6. The van der Waals surface area contributed by atoms with E-state index >= 15 is 0 Å². The Hall–Kier alpha value is -1.37. The number of methoxy groups -OCH3 is 1. The predicted octanol–water partition coefficient (Wildman–Crippen LogP) is -1.71. The Kier molecular flexibility index (Phi) is 6.01. The quantitative estimate of drug-likeness (QED) is 0.426. The van der Waals surface area contributed by atoms with Gasteiger partial charge in [0.2, 0.25) is 0 Å². The van der Waals surface area contributed by atoms with Gasteiger partial charge >= 0.3 is 0 Å². The van der Waals surface area contributed by atoms with Crippen LogP contribution in [0.3, 0.4) is 0 Å². The lowest BCUT2D eigenvalue weighted by molar-refractivity contribution is -0.105. The zero-order chi connectivity index (χ0) is 14.4. The summed E-state index contributed by atoms with van der Waals surface area (Å²) in [5.41, 5.74) is 5.92. The average Bonchev–Trinajstić information content (AvgIpc) is 2.36. The molecule has 0 aliphatic carbocycles. The van der Waals surface area contributed by atoms with E-state index in [0.717, 1.165) is 6.20 Å². The van der Waals surface area contributed by atoms with E-state index < -0.39 is 30.4 Å². The van der Waals surface area contributed by atoms with Crippen molar-refractivity contribution in [3.05, 3.63) is 18.0 Å². The van der Waals surface area contributed by atoms with Crippen LogP contribution in [0.15, 0.2) is 18.0 Å². The lowest BCUT2D eigenvalue weighted by atomic mass is 9.93. The minimum absolute atomic E-state index is 0.0325. The maximum Gasteiger partial charge on any atom is 0.148 e. The smallest absolute Gasteiger partial charge is 0.148 e. The molecule has 0 amide bonds. The van der Waals surface area contributed by atoms with Gasteiger partial charge in [-0.2, -0.15) is 0 Å². The molecule has 0 fully saturated rings. The maximum absolute atomic E-state index is 10.3. The van der Waals surface area contributed by atoms with E-state index in [-0.39, 0.29) is 6.61 Å². The van der Waals surface area contributed by atoms with Crippen molar-refractivity contribution in [3.63, 3.8) is 0 Å². The van der Waals surface area contributed by atoms with Crippen molar-refractivity contribution in [1.29, 1.82) is 0 Å². The van der Waals surface area contributed by atoms with Crippen LogP contribution in [-0.4, -0.2) is 60.3 Å². The molecule has 5 unspecified atom stereocenters. The van der Waals surface area contributed by atoms with E-state index in [1.807, 2.05) is 0 Å². The van der Waals surface area contributed by atoms with Crippen molar-refractivity contribution in [3.8, 4) is 0 Å². The number of hydrogen-bond acceptors (Lipinski definition) is 7. The van der Waals surface area contributed by atoms with Crippen molar-refractivity contribution >= 4 is 5.94 Å². The summed E-state index contributed by atoms with van der Waals surface area (Å²) in [7, 11) is 1.42. The molecule has 19 heavy (non-hydrogen) atoms. The Balaban J connectivity index is 2.86. The highest BCUT2D eigenvalue weighted by Gasteiger charge is 2.39. The van der Waals surface area contributed by atoms with Crippen LogP contribution in [0, 0.1) is 0 Å². The van der Waals surface area contributed by atoms with Gasteiger partial charge in [0.1, 0.15) is 24.3 Å². The number of allylic oxidation sites excluding steroid dienone is 1. The summed E-state index contributed by atoms with van der Waals surface area (Å²) in [6.45, 7) is 1.67. The van der Waals surface area contributed by atoms with Crippen LogP contribution in [0.1, 0.15) is 6.92 Å². The zero-order valence-electron chi connectivity index (χ0n) is 10.9. The van der Waals surface area contributed by atoms with Crippen molar-refractivity contribution in [2.24, 2.45) is 5.73 Å². The molecule has 0 bridgehead atoms. The fourth-order valence-corrected chi connectivity index (χ4v) is 2.03. The van der Waals surface area contributed by atoms with Crippen molar-refractivity contribution in [2.45, 2.75) is 37.3 Å². The van der Waals surface area contributed by atoms with Gasteiger partial charge in [-0.15, -0.1) is 0 Å². The minimum Gasteiger partial charge on any atom is -0.490 e. The number of carbonyl (C=O) groups excluding carboxylic acids is 1. The third-order valence-corrected chi connectivity index (χ3v) is 2.92. The first kappa shape index (κ1) is 15.7. The molecular weight excluding hydrogens is 252 g/mol. The van der Waals surface area contributed by atoms with E-state index in [0.29, 0.717) is 5.76 Å². The van der Waals surface area contributed by atoms with Crippen LogP contribution in [0.4, 0.5) is 0 Å². The Labute approximate surface area is 111 Å². The first-order valence-electron chi connectivity index (χ1n) is 5.92. The van der Waals surface area contributed by atoms with Crippen LogP contribution < -0.4 is 11.1 Å². The van der Waals surface area contributed by atoms with Crippen LogP contribution in [0.25, 0.3) is 0 Å². The molecule has 108 valence electrons. The molecule has 5 N–H and O–H groups in total. The molecular formula is C12H20N2O5. The van der Waals surface area contributed by atoms with Crippen LogP contribution >= 0.6 is 0 Å². The topological polar surface area (TPSA) is 114 Å². The van der Waals surface area contributed by atoms with Gasteiger partial charge in [-0.05, 0) is 13.0 Å². The number of ether oxygens (including phenoxy) is 2. The van der Waals surface area contributed by atoms with Gasteiger partial charge in [-0.3, -0.25) is 0 Å². The molecule has 1 aliphatic rings. The first-order valence-corrected chi connectivity index (χ1v) is 5.92. The molecule has 7 heteroatoms. The van der Waals surface area contributed by atoms with Gasteiger partial charge in [-0.25, -0.2) is 4.79 Å². The van der Waals surface area contributed by atoms with E-state index in [4.69, 9.17) is 15.2 Å². The highest BCUT2D eigenvalue weighted by molar-refractivity contribution is 5.44. The molecule has 1 rings (SSSR count). The molecule has 0 spiro atoms. The molecule has 0 aromatic heterocycles. The molecule has 0 aromatic rings.